The maximum Gasteiger partial charge on any atom is 0.111 e. The van der Waals surface area contributed by atoms with E-state index < -0.39 is 30.5 Å². The molecule has 0 aliphatic carbocycles. The third kappa shape index (κ3) is 7.88. The molecule has 0 saturated carbocycles. The molecule has 89 valence electrons. The first kappa shape index (κ1) is 25.4. The maximum absolute atomic E-state index is 9.43. The van der Waals surface area contributed by atoms with Gasteiger partial charge in [-0.05, 0) is 12.5 Å². The maximum atomic E-state index is 9.43. The van der Waals surface area contributed by atoms with Crippen LogP contribution in [0.5, 0.6) is 0 Å². The molecular formula is C7H13Ac3N3O4. The third-order valence-electron chi connectivity index (χ3n) is 2.28. The molecule has 10 heteroatoms. The van der Waals surface area contributed by atoms with E-state index >= 15 is 0 Å². The first-order valence-corrected chi connectivity index (χ1v) is 4.28. The van der Waals surface area contributed by atoms with E-state index in [0.717, 1.165) is 0 Å². The Kier molecular flexibility index (Phi) is 19.7. The Morgan fingerprint density at radius 3 is 2.12 bits per heavy atom. The zero-order valence-electron chi connectivity index (χ0n) is 9.42. The number of aliphatic hydroxyl groups excluding tert-OH is 3. The van der Waals surface area contributed by atoms with E-state index in [1.807, 2.05) is 0 Å². The molecule has 1 saturated heterocycles. The molecule has 0 aromatic heterocycles. The number of azide groups is 1. The SMILES string of the molecule is C[C@@H]1O[C@H](CN=[N+]=[N-])C(O)C(O)C1O.[Ac].[Ac].[Ac]. The second-order valence-electron chi connectivity index (χ2n) is 3.26. The predicted octanol–water partition coefficient (Wildman–Crippen LogP) is -0.833. The van der Waals surface area contributed by atoms with Gasteiger partial charge in [0, 0.05) is 137 Å². The molecule has 0 spiro atoms. The molecule has 1 aliphatic heterocycles. The Morgan fingerprint density at radius 2 is 1.65 bits per heavy atom. The molecule has 1 rings (SSSR count). The van der Waals surface area contributed by atoms with Crippen LogP contribution in [-0.4, -0.2) is 52.4 Å². The van der Waals surface area contributed by atoms with Crippen LogP contribution in [0.15, 0.2) is 5.11 Å². The molecule has 1 fully saturated rings. The van der Waals surface area contributed by atoms with Crippen molar-refractivity contribution in [2.45, 2.75) is 37.4 Å². The van der Waals surface area contributed by atoms with Gasteiger partial charge in [0.2, 0.25) is 0 Å². The molecule has 0 aromatic carbocycles. The van der Waals surface area contributed by atoms with Gasteiger partial charge in [0.05, 0.1) is 18.8 Å². The molecular weight excluding hydrogens is 871 g/mol. The average Bonchev–Trinajstić information content (AvgIpc) is 2.18. The van der Waals surface area contributed by atoms with Crippen molar-refractivity contribution in [3.8, 4) is 0 Å². The molecule has 1 heterocycles. The van der Waals surface area contributed by atoms with E-state index in [1.165, 1.54) is 0 Å². The van der Waals surface area contributed by atoms with Gasteiger partial charge < -0.3 is 20.1 Å². The summed E-state index contributed by atoms with van der Waals surface area (Å²) in [6.45, 7) is 1.51. The molecule has 3 radical (unpaired) electrons. The van der Waals surface area contributed by atoms with Crippen LogP contribution in [0.25, 0.3) is 10.4 Å². The van der Waals surface area contributed by atoms with Gasteiger partial charge in [-0.2, -0.15) is 0 Å². The van der Waals surface area contributed by atoms with Crippen molar-refractivity contribution in [1.29, 1.82) is 0 Å². The van der Waals surface area contributed by atoms with E-state index in [-0.39, 0.29) is 139 Å². The average molecular weight is 884 g/mol. The fourth-order valence-corrected chi connectivity index (χ4v) is 1.40. The van der Waals surface area contributed by atoms with Crippen molar-refractivity contribution in [2.24, 2.45) is 5.11 Å². The van der Waals surface area contributed by atoms with Crippen LogP contribution >= 0.6 is 0 Å². The monoisotopic (exact) mass is 884 g/mol. The van der Waals surface area contributed by atoms with E-state index in [9.17, 15) is 15.3 Å². The Morgan fingerprint density at radius 1 is 1.12 bits per heavy atom. The standard InChI is InChI=1S/C7H13N3O4.3Ac/c1-3-5(11)7(13)6(12)4(14-3)2-9-10-8;;;/h3-7,11-13H,2H2,1H3;;;/t3-,4+,5?,6?,7?;;;/m0.../s1. The molecule has 0 bridgehead atoms. The Hall–Kier alpha value is 3.47. The molecule has 0 amide bonds. The first-order valence-electron chi connectivity index (χ1n) is 4.28. The minimum absolute atomic E-state index is 0. The van der Waals surface area contributed by atoms with Gasteiger partial charge in [-0.1, -0.05) is 5.11 Å². The zero-order chi connectivity index (χ0) is 10.7. The van der Waals surface area contributed by atoms with Crippen molar-refractivity contribution < 1.29 is 152 Å². The largest absolute Gasteiger partial charge is 0.388 e. The quantitative estimate of drug-likeness (QED) is 0.191. The molecule has 5 atom stereocenters. The zero-order valence-corrected chi connectivity index (χ0v) is 23.7. The normalized spacial score (nSPS) is 35.4. The molecule has 17 heavy (non-hydrogen) atoms. The summed E-state index contributed by atoms with van der Waals surface area (Å²) in [5.74, 6) is 0. The van der Waals surface area contributed by atoms with E-state index in [0.29, 0.717) is 0 Å². The molecule has 0 aromatic rings. The first-order chi connectivity index (χ1) is 6.57. The van der Waals surface area contributed by atoms with Crippen LogP contribution in [0.2, 0.25) is 0 Å². The number of aliphatic hydroxyl groups is 3. The fraction of sp³-hybridized carbons (Fsp3) is 1.00. The summed E-state index contributed by atoms with van der Waals surface area (Å²) in [5.41, 5.74) is 8.08. The summed E-state index contributed by atoms with van der Waals surface area (Å²) in [6.07, 6.45) is -4.97. The summed E-state index contributed by atoms with van der Waals surface area (Å²) in [7, 11) is 0. The third-order valence-corrected chi connectivity index (χ3v) is 2.28. The number of hydrogen-bond donors (Lipinski definition) is 3. The summed E-state index contributed by atoms with van der Waals surface area (Å²) in [5, 5.41) is 31.4. The fourth-order valence-electron chi connectivity index (χ4n) is 1.40. The van der Waals surface area contributed by atoms with Gasteiger partial charge in [0.25, 0.3) is 0 Å². The molecule has 3 unspecified atom stereocenters. The van der Waals surface area contributed by atoms with Gasteiger partial charge in [0.15, 0.2) is 0 Å². The van der Waals surface area contributed by atoms with Crippen molar-refractivity contribution in [1.82, 2.24) is 0 Å². The van der Waals surface area contributed by atoms with Crippen LogP contribution in [0.3, 0.4) is 0 Å². The van der Waals surface area contributed by atoms with Crippen molar-refractivity contribution in [3.63, 3.8) is 0 Å². The molecule has 3 N–H and O–H groups in total. The number of hydrogen-bond acceptors (Lipinski definition) is 5. The summed E-state index contributed by atoms with van der Waals surface area (Å²) in [4.78, 5) is 2.52. The Labute approximate surface area is 207 Å². The number of ether oxygens (including phenoxy) is 1. The van der Waals surface area contributed by atoms with Gasteiger partial charge >= 0.3 is 0 Å². The second kappa shape index (κ2) is 13.2. The van der Waals surface area contributed by atoms with Gasteiger partial charge in [-0.3, -0.25) is 0 Å². The van der Waals surface area contributed by atoms with Crippen LogP contribution in [0, 0.1) is 132 Å². The molecule has 7 nitrogen and oxygen atoms in total. The summed E-state index contributed by atoms with van der Waals surface area (Å²) >= 11 is 0. The van der Waals surface area contributed by atoms with Crippen molar-refractivity contribution >= 4 is 0 Å². The van der Waals surface area contributed by atoms with Crippen LogP contribution < -0.4 is 0 Å². The Bertz CT molecular complexity index is 255. The van der Waals surface area contributed by atoms with Gasteiger partial charge in [0.1, 0.15) is 18.3 Å². The van der Waals surface area contributed by atoms with Gasteiger partial charge in [-0.25, -0.2) is 0 Å². The van der Waals surface area contributed by atoms with E-state index in [2.05, 4.69) is 10.0 Å². The second-order valence-corrected chi connectivity index (χ2v) is 3.26. The van der Waals surface area contributed by atoms with Crippen LogP contribution in [-0.2, 0) is 4.74 Å². The number of nitrogens with zero attached hydrogens (tertiary/aromatic N) is 3. The summed E-state index contributed by atoms with van der Waals surface area (Å²) in [6, 6.07) is 0. The smallest absolute Gasteiger partial charge is 0.111 e. The summed E-state index contributed by atoms with van der Waals surface area (Å²) < 4.78 is 5.16. The number of rotatable bonds is 2. The van der Waals surface area contributed by atoms with E-state index in [4.69, 9.17) is 10.3 Å². The van der Waals surface area contributed by atoms with E-state index in [1.54, 1.807) is 6.92 Å². The molecule has 1 aliphatic rings. The van der Waals surface area contributed by atoms with Crippen molar-refractivity contribution in [3.05, 3.63) is 10.4 Å². The predicted molar refractivity (Wildman–Crippen MR) is 46.4 cm³/mol. The van der Waals surface area contributed by atoms with Crippen LogP contribution in [0.1, 0.15) is 6.92 Å². The van der Waals surface area contributed by atoms with Gasteiger partial charge in [-0.15, -0.1) is 0 Å². The minimum Gasteiger partial charge on any atom is -0.388 e. The minimum atomic E-state index is -1.27. The van der Waals surface area contributed by atoms with Crippen molar-refractivity contribution in [2.75, 3.05) is 6.54 Å². The van der Waals surface area contributed by atoms with Crippen LogP contribution in [0.4, 0.5) is 0 Å². The topological polar surface area (TPSA) is 119 Å². The Balaban J connectivity index is -0.000000653.